The number of carbonyl (C=O) groups excluding carboxylic acids is 1. The summed E-state index contributed by atoms with van der Waals surface area (Å²) in [6.07, 6.45) is 13.1. The fraction of sp³-hybridized carbons (Fsp3) is 0.938. The highest BCUT2D eigenvalue weighted by Gasteiger charge is 2.03. The third kappa shape index (κ3) is 17.7. The monoisotopic (exact) mass is 307 g/mol. The van der Waals surface area contributed by atoms with Crippen LogP contribution in [-0.2, 0) is 9.53 Å². The molecule has 0 saturated heterocycles. The summed E-state index contributed by atoms with van der Waals surface area (Å²) in [4.78, 5) is 13.1. The molecule has 0 fully saturated rings. The second-order valence-corrected chi connectivity index (χ2v) is 5.64. The number of likely N-dealkylation sites (N-methyl/N-ethyl adjacent to an activating group) is 1. The first-order valence-corrected chi connectivity index (χ1v) is 7.97. The zero-order chi connectivity index (χ0) is 14.3. The number of unbranched alkanes of at least 4 members (excludes halogenated alkanes) is 9. The van der Waals surface area contributed by atoms with Crippen LogP contribution in [0, 0.1) is 0 Å². The van der Waals surface area contributed by atoms with Crippen molar-refractivity contribution in [3.63, 3.8) is 0 Å². The summed E-state index contributed by atoms with van der Waals surface area (Å²) >= 11 is 0. The van der Waals surface area contributed by atoms with Crippen molar-refractivity contribution in [2.24, 2.45) is 0 Å². The van der Waals surface area contributed by atoms with E-state index in [1.165, 1.54) is 57.8 Å². The largest absolute Gasteiger partial charge is 0.465 e. The van der Waals surface area contributed by atoms with Gasteiger partial charge in [-0.25, -0.2) is 0 Å². The minimum Gasteiger partial charge on any atom is -0.465 e. The molecule has 0 rings (SSSR count). The lowest BCUT2D eigenvalue weighted by molar-refractivity contribution is -0.144. The molecule has 0 aromatic heterocycles. The van der Waals surface area contributed by atoms with E-state index in [0.29, 0.717) is 13.2 Å². The van der Waals surface area contributed by atoms with Crippen LogP contribution in [0.5, 0.6) is 0 Å². The Morgan fingerprint density at radius 3 is 1.75 bits per heavy atom. The van der Waals surface area contributed by atoms with Gasteiger partial charge in [-0.3, -0.25) is 9.69 Å². The fourth-order valence-electron chi connectivity index (χ4n) is 2.08. The normalized spacial score (nSPS) is 10.4. The van der Waals surface area contributed by atoms with Crippen LogP contribution in [0.3, 0.4) is 0 Å². The van der Waals surface area contributed by atoms with Crippen molar-refractivity contribution in [1.82, 2.24) is 4.90 Å². The molecule has 0 aliphatic carbocycles. The minimum absolute atomic E-state index is 0. The maximum atomic E-state index is 11.2. The van der Waals surface area contributed by atoms with E-state index in [1.807, 2.05) is 19.0 Å². The lowest BCUT2D eigenvalue weighted by Crippen LogP contribution is -2.23. The Bertz CT molecular complexity index is 211. The molecule has 4 heteroatoms. The molecule has 0 radical (unpaired) electrons. The maximum absolute atomic E-state index is 11.2. The molecule has 0 atom stereocenters. The average molecular weight is 308 g/mol. The Balaban J connectivity index is 0. The summed E-state index contributed by atoms with van der Waals surface area (Å²) in [5.74, 6) is -0.110. The van der Waals surface area contributed by atoms with Crippen LogP contribution in [-0.4, -0.2) is 38.1 Å². The van der Waals surface area contributed by atoms with Gasteiger partial charge in [-0.1, -0.05) is 64.7 Å². The number of hydrogen-bond acceptors (Lipinski definition) is 3. The lowest BCUT2D eigenvalue weighted by Gasteiger charge is -2.09. The molecule has 0 heterocycles. The van der Waals surface area contributed by atoms with Crippen LogP contribution < -0.4 is 0 Å². The van der Waals surface area contributed by atoms with Crippen LogP contribution in [0.2, 0.25) is 0 Å². The molecule has 0 aliphatic heterocycles. The van der Waals surface area contributed by atoms with E-state index in [0.717, 1.165) is 6.42 Å². The number of ether oxygens (including phenoxy) is 1. The summed E-state index contributed by atoms with van der Waals surface area (Å²) in [7, 11) is 3.75. The van der Waals surface area contributed by atoms with Gasteiger partial charge in [0.15, 0.2) is 0 Å². The second kappa shape index (κ2) is 16.8. The highest BCUT2D eigenvalue weighted by atomic mass is 35.5. The van der Waals surface area contributed by atoms with Crippen molar-refractivity contribution in [2.75, 3.05) is 27.2 Å². The lowest BCUT2D eigenvalue weighted by atomic mass is 10.1. The van der Waals surface area contributed by atoms with Crippen molar-refractivity contribution in [3.8, 4) is 0 Å². The second-order valence-electron chi connectivity index (χ2n) is 5.64. The van der Waals surface area contributed by atoms with E-state index < -0.39 is 0 Å². The Morgan fingerprint density at radius 2 is 1.30 bits per heavy atom. The van der Waals surface area contributed by atoms with Gasteiger partial charge in [0.05, 0.1) is 13.2 Å². The number of rotatable bonds is 13. The summed E-state index contributed by atoms with van der Waals surface area (Å²) in [5, 5.41) is 0. The first-order valence-electron chi connectivity index (χ1n) is 7.97. The molecule has 0 spiro atoms. The summed E-state index contributed by atoms with van der Waals surface area (Å²) < 4.78 is 5.14. The van der Waals surface area contributed by atoms with Crippen LogP contribution in [0.4, 0.5) is 0 Å². The third-order valence-electron chi connectivity index (χ3n) is 3.21. The average Bonchev–Trinajstić information content (AvgIpc) is 2.35. The summed E-state index contributed by atoms with van der Waals surface area (Å²) in [5.41, 5.74) is 0. The zero-order valence-electron chi connectivity index (χ0n) is 13.7. The van der Waals surface area contributed by atoms with Gasteiger partial charge in [0, 0.05) is 0 Å². The number of esters is 1. The quantitative estimate of drug-likeness (QED) is 0.372. The van der Waals surface area contributed by atoms with E-state index in [9.17, 15) is 4.79 Å². The first kappa shape index (κ1) is 22.0. The molecule has 0 aromatic carbocycles. The molecule has 0 N–H and O–H groups in total. The van der Waals surface area contributed by atoms with E-state index in [-0.39, 0.29) is 18.4 Å². The van der Waals surface area contributed by atoms with E-state index in [2.05, 4.69) is 6.92 Å². The topological polar surface area (TPSA) is 29.5 Å². The van der Waals surface area contributed by atoms with Crippen molar-refractivity contribution in [2.45, 2.75) is 71.1 Å². The van der Waals surface area contributed by atoms with Gasteiger partial charge < -0.3 is 4.74 Å². The van der Waals surface area contributed by atoms with Crippen LogP contribution in [0.15, 0.2) is 0 Å². The van der Waals surface area contributed by atoms with E-state index in [4.69, 9.17) is 4.74 Å². The standard InChI is InChI=1S/C16H33NO2.ClH/c1-4-5-6-7-8-9-10-11-12-13-14-19-16(18)15-17(2)3;/h4-15H2,1-3H3;1H. The molecule has 122 valence electrons. The molecule has 20 heavy (non-hydrogen) atoms. The van der Waals surface area contributed by atoms with E-state index >= 15 is 0 Å². The molecule has 3 nitrogen and oxygen atoms in total. The summed E-state index contributed by atoms with van der Waals surface area (Å²) in [6, 6.07) is 0. The third-order valence-corrected chi connectivity index (χ3v) is 3.21. The van der Waals surface area contributed by atoms with Gasteiger partial charge in [0.25, 0.3) is 0 Å². The van der Waals surface area contributed by atoms with E-state index in [1.54, 1.807) is 0 Å². The Kier molecular flexibility index (Phi) is 18.5. The van der Waals surface area contributed by atoms with Gasteiger partial charge in [-0.2, -0.15) is 0 Å². The highest BCUT2D eigenvalue weighted by molar-refractivity contribution is 5.85. The molecular weight excluding hydrogens is 274 g/mol. The predicted octanol–water partition coefficient (Wildman–Crippen LogP) is 4.43. The van der Waals surface area contributed by atoms with Gasteiger partial charge in [-0.15, -0.1) is 12.4 Å². The van der Waals surface area contributed by atoms with Crippen LogP contribution in [0.25, 0.3) is 0 Å². The fourth-order valence-corrected chi connectivity index (χ4v) is 2.08. The number of hydrogen-bond donors (Lipinski definition) is 0. The molecular formula is C16H34ClNO2. The van der Waals surface area contributed by atoms with Gasteiger partial charge in [0.1, 0.15) is 0 Å². The van der Waals surface area contributed by atoms with Crippen LogP contribution in [0.1, 0.15) is 71.1 Å². The molecule has 0 amide bonds. The SMILES string of the molecule is CCCCCCCCCCCCOC(=O)CN(C)C.Cl. The smallest absolute Gasteiger partial charge is 0.320 e. The van der Waals surface area contributed by atoms with Crippen molar-refractivity contribution < 1.29 is 9.53 Å². The predicted molar refractivity (Wildman–Crippen MR) is 88.6 cm³/mol. The molecule has 0 saturated carbocycles. The maximum Gasteiger partial charge on any atom is 0.320 e. The van der Waals surface area contributed by atoms with Gasteiger partial charge in [0.2, 0.25) is 0 Å². The Morgan fingerprint density at radius 1 is 0.850 bits per heavy atom. The summed E-state index contributed by atoms with van der Waals surface area (Å²) in [6.45, 7) is 3.23. The molecule has 0 aliphatic rings. The highest BCUT2D eigenvalue weighted by Crippen LogP contribution is 2.10. The number of halogens is 1. The Labute approximate surface area is 131 Å². The van der Waals surface area contributed by atoms with Gasteiger partial charge >= 0.3 is 5.97 Å². The zero-order valence-corrected chi connectivity index (χ0v) is 14.5. The Hall–Kier alpha value is -0.280. The first-order chi connectivity index (χ1) is 9.16. The molecule has 0 bridgehead atoms. The minimum atomic E-state index is -0.110. The van der Waals surface area contributed by atoms with Crippen LogP contribution >= 0.6 is 12.4 Å². The molecule has 0 aromatic rings. The number of carbonyl (C=O) groups is 1. The van der Waals surface area contributed by atoms with Crippen molar-refractivity contribution >= 4 is 18.4 Å². The van der Waals surface area contributed by atoms with Crippen molar-refractivity contribution in [3.05, 3.63) is 0 Å². The van der Waals surface area contributed by atoms with Crippen molar-refractivity contribution in [1.29, 1.82) is 0 Å². The molecule has 0 unspecified atom stereocenters. The van der Waals surface area contributed by atoms with Gasteiger partial charge in [-0.05, 0) is 20.5 Å². The number of nitrogens with zero attached hydrogens (tertiary/aromatic N) is 1.